The molecule has 7 aromatic carbocycles. The van der Waals surface area contributed by atoms with Crippen LogP contribution < -0.4 is 5.32 Å². The minimum absolute atomic E-state index is 0.531. The highest BCUT2D eigenvalue weighted by Crippen LogP contribution is 2.39. The second-order valence-corrected chi connectivity index (χ2v) is 13.7. The van der Waals surface area contributed by atoms with Gasteiger partial charge >= 0.3 is 0 Å². The molecule has 0 unspecified atom stereocenters. The van der Waals surface area contributed by atoms with Crippen LogP contribution in [0.2, 0.25) is 0 Å². The minimum Gasteiger partial charge on any atom is -0.452 e. The summed E-state index contributed by atoms with van der Waals surface area (Å²) in [6.45, 7) is 0. The van der Waals surface area contributed by atoms with Crippen LogP contribution in [0, 0.1) is 0 Å². The molecule has 1 N–H and O–H groups in total. The van der Waals surface area contributed by atoms with E-state index in [1.807, 2.05) is 66.7 Å². The van der Waals surface area contributed by atoms with Crippen molar-refractivity contribution in [2.45, 2.75) is 0 Å². The Bertz CT molecular complexity index is 2920. The average Bonchev–Trinajstić information content (AvgIpc) is 3.65. The molecule has 0 aliphatic rings. The number of aromatic nitrogens is 3. The van der Waals surface area contributed by atoms with Gasteiger partial charge in [0.1, 0.15) is 22.5 Å². The van der Waals surface area contributed by atoms with E-state index in [0.717, 1.165) is 83.8 Å². The van der Waals surface area contributed by atoms with Crippen LogP contribution in [0.1, 0.15) is 0 Å². The van der Waals surface area contributed by atoms with Crippen LogP contribution >= 0.6 is 0 Å². The Morgan fingerprint density at radius 2 is 1.00 bits per heavy atom. The molecule has 0 spiro atoms. The van der Waals surface area contributed by atoms with Gasteiger partial charge in [-0.15, -0.1) is 0 Å². The molecule has 0 fully saturated rings. The Labute approximate surface area is 324 Å². The summed E-state index contributed by atoms with van der Waals surface area (Å²) < 4.78 is 6.62. The molecule has 0 saturated heterocycles. The molecule has 10 aromatic rings. The maximum atomic E-state index is 6.62. The summed E-state index contributed by atoms with van der Waals surface area (Å²) in [5.74, 6) is 0.531. The predicted octanol–water partition coefficient (Wildman–Crippen LogP) is 13.5. The lowest BCUT2D eigenvalue weighted by Crippen LogP contribution is -1.98. The van der Waals surface area contributed by atoms with Gasteiger partial charge in [-0.05, 0) is 76.3 Å². The molecule has 10 rings (SSSR count). The maximum Gasteiger partial charge on any atom is 0.180 e. The van der Waals surface area contributed by atoms with Gasteiger partial charge in [-0.1, -0.05) is 152 Å². The third-order valence-electron chi connectivity index (χ3n) is 10.1. The van der Waals surface area contributed by atoms with Gasteiger partial charge in [0.15, 0.2) is 11.4 Å². The highest BCUT2D eigenvalue weighted by molar-refractivity contribution is 6.08. The van der Waals surface area contributed by atoms with Gasteiger partial charge < -0.3 is 9.73 Å². The number of rotatable bonds is 8. The second kappa shape index (κ2) is 14.3. The van der Waals surface area contributed by atoms with E-state index in [-0.39, 0.29) is 0 Å². The first-order chi connectivity index (χ1) is 27.7. The van der Waals surface area contributed by atoms with Crippen molar-refractivity contribution >= 4 is 33.4 Å². The highest BCUT2D eigenvalue weighted by atomic mass is 16.3. The van der Waals surface area contributed by atoms with E-state index in [1.54, 1.807) is 0 Å². The largest absolute Gasteiger partial charge is 0.452 e. The Kier molecular flexibility index (Phi) is 8.43. The zero-order valence-electron chi connectivity index (χ0n) is 30.3. The molecule has 5 nitrogen and oxygen atoms in total. The molecule has 264 valence electrons. The number of furan rings is 1. The van der Waals surface area contributed by atoms with Gasteiger partial charge in [0, 0.05) is 33.5 Å². The number of para-hydroxylation sites is 2. The van der Waals surface area contributed by atoms with Gasteiger partial charge in [-0.3, -0.25) is 0 Å². The average molecular weight is 719 g/mol. The van der Waals surface area contributed by atoms with E-state index in [0.29, 0.717) is 17.1 Å². The Morgan fingerprint density at radius 3 is 1.77 bits per heavy atom. The maximum absolute atomic E-state index is 6.62. The summed E-state index contributed by atoms with van der Waals surface area (Å²) in [6, 6.07) is 68.7. The smallest absolute Gasteiger partial charge is 0.180 e. The number of hydrogen-bond acceptors (Lipinski definition) is 5. The molecule has 0 bridgehead atoms. The number of benzene rings is 7. The number of nitrogens with zero attached hydrogens (tertiary/aromatic N) is 3. The highest BCUT2D eigenvalue weighted by Gasteiger charge is 2.20. The first-order valence-electron chi connectivity index (χ1n) is 18.7. The zero-order valence-corrected chi connectivity index (χ0v) is 30.3. The Balaban J connectivity index is 1.13. The van der Waals surface area contributed by atoms with Gasteiger partial charge in [-0.2, -0.15) is 0 Å². The lowest BCUT2D eigenvalue weighted by atomic mass is 9.97. The summed E-state index contributed by atoms with van der Waals surface area (Å²) in [4.78, 5) is 15.6. The van der Waals surface area contributed by atoms with Crippen molar-refractivity contribution in [1.82, 2.24) is 15.0 Å². The Morgan fingerprint density at radius 1 is 0.393 bits per heavy atom. The third kappa shape index (κ3) is 6.37. The zero-order chi connectivity index (χ0) is 37.3. The Hall–Kier alpha value is -7.63. The molecule has 0 amide bonds. The van der Waals surface area contributed by atoms with Crippen LogP contribution in [0.25, 0.3) is 89.5 Å². The summed E-state index contributed by atoms with van der Waals surface area (Å²) in [5, 5.41) is 4.52. The summed E-state index contributed by atoms with van der Waals surface area (Å²) >= 11 is 0. The molecule has 3 heterocycles. The fourth-order valence-corrected chi connectivity index (χ4v) is 7.32. The molecular formula is C51H34N4O. The molecule has 0 radical (unpaired) electrons. The number of fused-ring (bicyclic) bond motifs is 3. The van der Waals surface area contributed by atoms with Crippen molar-refractivity contribution in [1.29, 1.82) is 0 Å². The molecule has 56 heavy (non-hydrogen) atoms. The fourth-order valence-electron chi connectivity index (χ4n) is 7.32. The molecule has 3 aromatic heterocycles. The first kappa shape index (κ1) is 33.0. The SMILES string of the molecule is c1ccc(Nc2ccccc2-c2cccc(-c3ccc4oc5c(-c6ccccc6)nc(-c6cc(-c7ccccc7)cc(-c7ccccc7)n6)nc5c4c3)c2)cc1. The molecule has 0 aliphatic heterocycles. The molecule has 0 saturated carbocycles. The molecule has 0 aliphatic carbocycles. The topological polar surface area (TPSA) is 63.8 Å². The van der Waals surface area contributed by atoms with Crippen molar-refractivity contribution in [2.24, 2.45) is 0 Å². The van der Waals surface area contributed by atoms with Gasteiger partial charge in [0.25, 0.3) is 0 Å². The molecule has 0 atom stereocenters. The number of anilines is 2. The standard InChI is InChI=1S/C51H34N4O/c1-5-16-34(17-6-1)40-32-45(35-18-7-2-8-19-35)53-46(33-40)51-54-48(36-20-9-3-10-21-36)50-49(55-51)43-31-38(28-29-47(43)56-50)37-22-15-23-39(30-37)42-26-13-14-27-44(42)52-41-24-11-4-12-25-41/h1-33,52H. The first-order valence-corrected chi connectivity index (χ1v) is 18.7. The third-order valence-corrected chi connectivity index (χ3v) is 10.1. The number of pyridine rings is 1. The second-order valence-electron chi connectivity index (χ2n) is 13.7. The number of hydrogen-bond donors (Lipinski definition) is 1. The quantitative estimate of drug-likeness (QED) is 0.169. The van der Waals surface area contributed by atoms with E-state index in [2.05, 4.69) is 139 Å². The van der Waals surface area contributed by atoms with Crippen LogP contribution in [0.4, 0.5) is 11.4 Å². The van der Waals surface area contributed by atoms with Crippen molar-refractivity contribution in [2.75, 3.05) is 5.32 Å². The fraction of sp³-hybridized carbons (Fsp3) is 0. The van der Waals surface area contributed by atoms with E-state index in [1.165, 1.54) is 0 Å². The van der Waals surface area contributed by atoms with E-state index >= 15 is 0 Å². The van der Waals surface area contributed by atoms with Crippen LogP contribution in [-0.2, 0) is 0 Å². The van der Waals surface area contributed by atoms with E-state index in [9.17, 15) is 0 Å². The summed E-state index contributed by atoms with van der Waals surface area (Å²) in [7, 11) is 0. The monoisotopic (exact) mass is 718 g/mol. The predicted molar refractivity (Wildman–Crippen MR) is 229 cm³/mol. The summed E-state index contributed by atoms with van der Waals surface area (Å²) in [5.41, 5.74) is 15.0. The van der Waals surface area contributed by atoms with Gasteiger partial charge in [0.2, 0.25) is 0 Å². The molecule has 5 heteroatoms. The van der Waals surface area contributed by atoms with Crippen LogP contribution in [0.3, 0.4) is 0 Å². The molecular weight excluding hydrogens is 685 g/mol. The van der Waals surface area contributed by atoms with Crippen molar-refractivity contribution < 1.29 is 4.42 Å². The van der Waals surface area contributed by atoms with Crippen molar-refractivity contribution in [3.8, 4) is 67.4 Å². The number of nitrogens with one attached hydrogen (secondary N) is 1. The van der Waals surface area contributed by atoms with Crippen LogP contribution in [0.5, 0.6) is 0 Å². The van der Waals surface area contributed by atoms with Crippen LogP contribution in [-0.4, -0.2) is 15.0 Å². The van der Waals surface area contributed by atoms with Gasteiger partial charge in [0.05, 0.1) is 5.69 Å². The lowest BCUT2D eigenvalue weighted by molar-refractivity contribution is 0.667. The lowest BCUT2D eigenvalue weighted by Gasteiger charge is -2.13. The van der Waals surface area contributed by atoms with Gasteiger partial charge in [-0.25, -0.2) is 15.0 Å². The van der Waals surface area contributed by atoms with Crippen molar-refractivity contribution in [3.05, 3.63) is 200 Å². The van der Waals surface area contributed by atoms with E-state index < -0.39 is 0 Å². The summed E-state index contributed by atoms with van der Waals surface area (Å²) in [6.07, 6.45) is 0. The normalized spacial score (nSPS) is 11.2. The minimum atomic E-state index is 0.531. The van der Waals surface area contributed by atoms with E-state index in [4.69, 9.17) is 19.4 Å². The van der Waals surface area contributed by atoms with Crippen molar-refractivity contribution in [3.63, 3.8) is 0 Å². The van der Waals surface area contributed by atoms with Crippen LogP contribution in [0.15, 0.2) is 205 Å².